The van der Waals surface area contributed by atoms with Crippen LogP contribution in [-0.4, -0.2) is 24.6 Å². The fraction of sp³-hybridized carbons (Fsp3) is 0.0667. The van der Waals surface area contributed by atoms with Crippen LogP contribution < -0.4 is 0 Å². The molecule has 6 nitrogen and oxygen atoms in total. The van der Waals surface area contributed by atoms with Gasteiger partial charge in [0, 0.05) is 49.0 Å². The third-order valence-corrected chi connectivity index (χ3v) is 3.23. The number of hydrogen-bond acceptors (Lipinski definition) is 5. The van der Waals surface area contributed by atoms with Crippen molar-refractivity contribution in [3.8, 4) is 22.6 Å². The number of aromatic nitrogens is 5. The zero-order chi connectivity index (χ0) is 14.2. The van der Waals surface area contributed by atoms with Crippen LogP contribution in [0.2, 0.25) is 0 Å². The highest BCUT2D eigenvalue weighted by molar-refractivity contribution is 5.68. The molecule has 0 unspecified atom stereocenters. The molecule has 0 atom stereocenters. The third kappa shape index (κ3) is 2.06. The van der Waals surface area contributed by atoms with Gasteiger partial charge >= 0.3 is 0 Å². The standard InChI is InChI=1S/C15H11N5O/c1-10-18-19-15(21-10)13-6-12(7-16-8-13)11-2-3-14-17-4-5-20(14)9-11/h2-9H,1H3. The first-order valence-electron chi connectivity index (χ1n) is 6.48. The summed E-state index contributed by atoms with van der Waals surface area (Å²) in [6.45, 7) is 1.76. The van der Waals surface area contributed by atoms with Gasteiger partial charge in [-0.15, -0.1) is 10.2 Å². The van der Waals surface area contributed by atoms with Crippen LogP contribution in [0, 0.1) is 6.92 Å². The maximum absolute atomic E-state index is 5.44. The normalized spacial score (nSPS) is 11.1. The van der Waals surface area contributed by atoms with Crippen LogP contribution in [-0.2, 0) is 0 Å². The predicted molar refractivity (Wildman–Crippen MR) is 76.5 cm³/mol. The summed E-state index contributed by atoms with van der Waals surface area (Å²) in [6.07, 6.45) is 9.23. The minimum Gasteiger partial charge on any atom is -0.421 e. The molecule has 102 valence electrons. The van der Waals surface area contributed by atoms with Gasteiger partial charge in [0.15, 0.2) is 0 Å². The minimum atomic E-state index is 0.477. The Morgan fingerprint density at radius 2 is 1.95 bits per heavy atom. The van der Waals surface area contributed by atoms with Crippen molar-refractivity contribution in [3.05, 3.63) is 55.1 Å². The highest BCUT2D eigenvalue weighted by Crippen LogP contribution is 2.24. The molecular formula is C15H11N5O. The van der Waals surface area contributed by atoms with Gasteiger partial charge in [0.25, 0.3) is 0 Å². The Morgan fingerprint density at radius 1 is 1.05 bits per heavy atom. The van der Waals surface area contributed by atoms with E-state index in [1.165, 1.54) is 0 Å². The molecule has 0 amide bonds. The Morgan fingerprint density at radius 3 is 2.81 bits per heavy atom. The summed E-state index contributed by atoms with van der Waals surface area (Å²) in [7, 11) is 0. The van der Waals surface area contributed by atoms with Gasteiger partial charge in [-0.25, -0.2) is 4.98 Å². The average molecular weight is 277 g/mol. The molecule has 0 radical (unpaired) electrons. The molecule has 0 spiro atoms. The molecule has 0 saturated heterocycles. The smallest absolute Gasteiger partial charge is 0.249 e. The number of fused-ring (bicyclic) bond motifs is 1. The van der Waals surface area contributed by atoms with Gasteiger partial charge in [-0.05, 0) is 18.2 Å². The lowest BCUT2D eigenvalue weighted by molar-refractivity contribution is 0.532. The molecule has 0 aliphatic rings. The molecule has 0 N–H and O–H groups in total. The zero-order valence-corrected chi connectivity index (χ0v) is 11.3. The number of hydrogen-bond donors (Lipinski definition) is 0. The molecule has 21 heavy (non-hydrogen) atoms. The second-order valence-corrected chi connectivity index (χ2v) is 4.70. The first kappa shape index (κ1) is 11.8. The second kappa shape index (κ2) is 4.52. The second-order valence-electron chi connectivity index (χ2n) is 4.70. The predicted octanol–water partition coefficient (Wildman–Crippen LogP) is 2.75. The average Bonchev–Trinajstić information content (AvgIpc) is 3.15. The molecule has 0 bridgehead atoms. The van der Waals surface area contributed by atoms with E-state index in [9.17, 15) is 0 Å². The van der Waals surface area contributed by atoms with Crippen LogP contribution in [0.5, 0.6) is 0 Å². The Kier molecular flexibility index (Phi) is 2.53. The van der Waals surface area contributed by atoms with Crippen LogP contribution >= 0.6 is 0 Å². The molecule has 4 aromatic heterocycles. The van der Waals surface area contributed by atoms with E-state index < -0.39 is 0 Å². The van der Waals surface area contributed by atoms with Crippen LogP contribution in [0.3, 0.4) is 0 Å². The van der Waals surface area contributed by atoms with Crippen molar-refractivity contribution in [2.24, 2.45) is 0 Å². The molecular weight excluding hydrogens is 266 g/mol. The molecule has 6 heteroatoms. The summed E-state index contributed by atoms with van der Waals surface area (Å²) in [6, 6.07) is 5.97. The van der Waals surface area contributed by atoms with E-state index in [0.717, 1.165) is 22.3 Å². The van der Waals surface area contributed by atoms with Crippen LogP contribution in [0.4, 0.5) is 0 Å². The molecule has 4 aromatic rings. The van der Waals surface area contributed by atoms with Crippen molar-refractivity contribution in [3.63, 3.8) is 0 Å². The lowest BCUT2D eigenvalue weighted by Gasteiger charge is -2.03. The van der Waals surface area contributed by atoms with Gasteiger partial charge in [0.2, 0.25) is 11.8 Å². The summed E-state index contributed by atoms with van der Waals surface area (Å²) in [4.78, 5) is 8.50. The van der Waals surface area contributed by atoms with Gasteiger partial charge in [0.05, 0.1) is 5.56 Å². The highest BCUT2D eigenvalue weighted by Gasteiger charge is 2.08. The molecule has 0 aromatic carbocycles. The largest absolute Gasteiger partial charge is 0.421 e. The van der Waals surface area contributed by atoms with E-state index in [1.807, 2.05) is 41.2 Å². The van der Waals surface area contributed by atoms with E-state index in [0.29, 0.717) is 11.8 Å². The lowest BCUT2D eigenvalue weighted by Crippen LogP contribution is -1.88. The fourth-order valence-corrected chi connectivity index (χ4v) is 2.22. The summed E-state index contributed by atoms with van der Waals surface area (Å²) in [5.74, 6) is 1.01. The Hall–Kier alpha value is -3.02. The molecule has 0 aliphatic heterocycles. The first-order valence-corrected chi connectivity index (χ1v) is 6.48. The number of pyridine rings is 2. The Bertz CT molecular complexity index is 924. The van der Waals surface area contributed by atoms with E-state index in [1.54, 1.807) is 19.3 Å². The van der Waals surface area contributed by atoms with E-state index >= 15 is 0 Å². The van der Waals surface area contributed by atoms with Crippen LogP contribution in [0.25, 0.3) is 28.2 Å². The van der Waals surface area contributed by atoms with Gasteiger partial charge < -0.3 is 8.82 Å². The SMILES string of the molecule is Cc1nnc(-c2cncc(-c3ccc4nccn4c3)c2)o1. The number of nitrogens with zero attached hydrogens (tertiary/aromatic N) is 5. The summed E-state index contributed by atoms with van der Waals surface area (Å²) in [5, 5.41) is 7.86. The summed E-state index contributed by atoms with van der Waals surface area (Å²) in [5.41, 5.74) is 3.75. The molecule has 0 saturated carbocycles. The minimum absolute atomic E-state index is 0.477. The van der Waals surface area contributed by atoms with E-state index in [-0.39, 0.29) is 0 Å². The van der Waals surface area contributed by atoms with Crippen molar-refractivity contribution in [2.75, 3.05) is 0 Å². The molecule has 0 aliphatic carbocycles. The lowest BCUT2D eigenvalue weighted by atomic mass is 10.1. The maximum atomic E-state index is 5.44. The van der Waals surface area contributed by atoms with Crippen molar-refractivity contribution in [2.45, 2.75) is 6.92 Å². The van der Waals surface area contributed by atoms with Gasteiger partial charge in [-0.1, -0.05) is 0 Å². The van der Waals surface area contributed by atoms with Crippen molar-refractivity contribution in [1.82, 2.24) is 24.6 Å². The van der Waals surface area contributed by atoms with Crippen molar-refractivity contribution < 1.29 is 4.42 Å². The van der Waals surface area contributed by atoms with Crippen LogP contribution in [0.1, 0.15) is 5.89 Å². The fourth-order valence-electron chi connectivity index (χ4n) is 2.22. The number of aryl methyl sites for hydroxylation is 1. The third-order valence-electron chi connectivity index (χ3n) is 3.23. The van der Waals surface area contributed by atoms with E-state index in [2.05, 4.69) is 20.2 Å². The van der Waals surface area contributed by atoms with Gasteiger partial charge in [-0.3, -0.25) is 4.98 Å². The number of imidazole rings is 1. The zero-order valence-electron chi connectivity index (χ0n) is 11.3. The maximum Gasteiger partial charge on any atom is 0.249 e. The Balaban J connectivity index is 1.81. The number of rotatable bonds is 2. The monoisotopic (exact) mass is 277 g/mol. The molecule has 4 rings (SSSR count). The van der Waals surface area contributed by atoms with E-state index in [4.69, 9.17) is 4.42 Å². The quantitative estimate of drug-likeness (QED) is 0.563. The topological polar surface area (TPSA) is 69.1 Å². The Labute approximate surface area is 120 Å². The highest BCUT2D eigenvalue weighted by atomic mass is 16.4. The summed E-state index contributed by atoms with van der Waals surface area (Å²) >= 11 is 0. The van der Waals surface area contributed by atoms with Crippen LogP contribution in [0.15, 0.2) is 53.6 Å². The van der Waals surface area contributed by atoms with Crippen molar-refractivity contribution >= 4 is 5.65 Å². The van der Waals surface area contributed by atoms with Gasteiger partial charge in [0.1, 0.15) is 5.65 Å². The van der Waals surface area contributed by atoms with Gasteiger partial charge in [-0.2, -0.15) is 0 Å². The summed E-state index contributed by atoms with van der Waals surface area (Å²) < 4.78 is 7.41. The molecule has 4 heterocycles. The first-order chi connectivity index (χ1) is 10.3. The van der Waals surface area contributed by atoms with Crippen molar-refractivity contribution in [1.29, 1.82) is 0 Å². The molecule has 0 fully saturated rings.